The van der Waals surface area contributed by atoms with Crippen LogP contribution in [-0.4, -0.2) is 49.7 Å². The lowest BCUT2D eigenvalue weighted by Gasteiger charge is -2.30. The maximum atomic E-state index is 12.9. The first-order valence-electron chi connectivity index (χ1n) is 8.42. The summed E-state index contributed by atoms with van der Waals surface area (Å²) in [7, 11) is -2.42. The number of nitrogens with zero attached hydrogens (tertiary/aromatic N) is 3. The minimum absolute atomic E-state index is 0.184. The highest BCUT2D eigenvalue weighted by Crippen LogP contribution is 2.35. The van der Waals surface area contributed by atoms with E-state index in [0.717, 1.165) is 10.6 Å². The van der Waals surface area contributed by atoms with E-state index in [1.165, 1.54) is 36.3 Å². The van der Waals surface area contributed by atoms with Crippen LogP contribution in [0.3, 0.4) is 0 Å². The Kier molecular flexibility index (Phi) is 8.32. The number of methoxy groups -OCH3 is 1. The SMILES string of the molecule is C=CCSc1nnc(NC(=O)C(CC)N(c2cc(Cl)ccc2OC)S(C)(=O)=O)s1. The number of rotatable bonds is 10. The van der Waals surface area contributed by atoms with E-state index >= 15 is 0 Å². The Balaban J connectivity index is 2.36. The van der Waals surface area contributed by atoms with Crippen molar-refractivity contribution < 1.29 is 17.9 Å². The van der Waals surface area contributed by atoms with Crippen LogP contribution in [0, 0.1) is 0 Å². The van der Waals surface area contributed by atoms with Crippen molar-refractivity contribution in [2.75, 3.05) is 28.7 Å². The van der Waals surface area contributed by atoms with Gasteiger partial charge >= 0.3 is 0 Å². The molecule has 1 heterocycles. The molecule has 158 valence electrons. The van der Waals surface area contributed by atoms with Gasteiger partial charge in [-0.15, -0.1) is 16.8 Å². The number of aromatic nitrogens is 2. The highest BCUT2D eigenvalue weighted by molar-refractivity contribution is 8.01. The smallest absolute Gasteiger partial charge is 0.250 e. The summed E-state index contributed by atoms with van der Waals surface area (Å²) in [5, 5.41) is 11.2. The maximum Gasteiger partial charge on any atom is 0.250 e. The largest absolute Gasteiger partial charge is 0.495 e. The Bertz CT molecular complexity index is 981. The van der Waals surface area contributed by atoms with Crippen molar-refractivity contribution in [2.24, 2.45) is 0 Å². The second-order valence-electron chi connectivity index (χ2n) is 5.76. The van der Waals surface area contributed by atoms with Crippen LogP contribution in [-0.2, 0) is 14.8 Å². The minimum Gasteiger partial charge on any atom is -0.495 e. The quantitative estimate of drug-likeness (QED) is 0.317. The Morgan fingerprint density at radius 2 is 2.21 bits per heavy atom. The summed E-state index contributed by atoms with van der Waals surface area (Å²) in [6.45, 7) is 5.35. The van der Waals surface area contributed by atoms with Crippen LogP contribution < -0.4 is 14.4 Å². The van der Waals surface area contributed by atoms with Crippen molar-refractivity contribution in [3.05, 3.63) is 35.9 Å². The molecule has 1 amide bonds. The molecule has 0 aliphatic rings. The number of benzene rings is 1. The Labute approximate surface area is 183 Å². The first-order valence-corrected chi connectivity index (χ1v) is 12.4. The van der Waals surface area contributed by atoms with Gasteiger partial charge in [-0.1, -0.05) is 47.7 Å². The normalized spacial score (nSPS) is 12.3. The molecule has 0 saturated heterocycles. The summed E-state index contributed by atoms with van der Waals surface area (Å²) in [6.07, 6.45) is 2.98. The van der Waals surface area contributed by atoms with Crippen LogP contribution in [0.2, 0.25) is 5.02 Å². The Morgan fingerprint density at radius 1 is 1.48 bits per heavy atom. The van der Waals surface area contributed by atoms with E-state index in [1.807, 2.05) is 0 Å². The minimum atomic E-state index is -3.84. The van der Waals surface area contributed by atoms with Crippen molar-refractivity contribution in [3.63, 3.8) is 0 Å². The summed E-state index contributed by atoms with van der Waals surface area (Å²) in [5.74, 6) is 0.415. The first kappa shape index (κ1) is 23.5. The molecule has 0 fully saturated rings. The van der Waals surface area contributed by atoms with E-state index in [1.54, 1.807) is 25.1 Å². The summed E-state index contributed by atoms with van der Waals surface area (Å²) in [5.41, 5.74) is 0.184. The molecule has 29 heavy (non-hydrogen) atoms. The zero-order valence-electron chi connectivity index (χ0n) is 16.1. The van der Waals surface area contributed by atoms with E-state index in [0.29, 0.717) is 15.1 Å². The second-order valence-corrected chi connectivity index (χ2v) is 10.3. The number of sulfonamides is 1. The average molecular weight is 477 g/mol. The molecule has 1 aromatic carbocycles. The standard InChI is InChI=1S/C17H21ClN4O4S3/c1-5-9-27-17-21-20-16(28-17)19-15(23)12(6-2)22(29(4,24)25)13-10-11(18)7-8-14(13)26-3/h5,7-8,10,12H,1,6,9H2,2-4H3,(H,19,20,23). The van der Waals surface area contributed by atoms with Gasteiger partial charge in [0, 0.05) is 10.8 Å². The molecule has 1 N–H and O–H groups in total. The summed E-state index contributed by atoms with van der Waals surface area (Å²) >= 11 is 8.70. The van der Waals surface area contributed by atoms with E-state index in [4.69, 9.17) is 16.3 Å². The Hall–Kier alpha value is -1.82. The molecule has 1 aromatic heterocycles. The van der Waals surface area contributed by atoms with E-state index in [9.17, 15) is 13.2 Å². The number of hydrogen-bond acceptors (Lipinski definition) is 8. The van der Waals surface area contributed by atoms with Gasteiger partial charge in [0.25, 0.3) is 0 Å². The van der Waals surface area contributed by atoms with Crippen LogP contribution in [0.5, 0.6) is 5.75 Å². The van der Waals surface area contributed by atoms with E-state index in [-0.39, 0.29) is 23.0 Å². The third kappa shape index (κ3) is 6.08. The number of amides is 1. The summed E-state index contributed by atoms with van der Waals surface area (Å²) < 4.78 is 32.2. The molecular weight excluding hydrogens is 456 g/mol. The lowest BCUT2D eigenvalue weighted by Crippen LogP contribution is -2.47. The zero-order valence-corrected chi connectivity index (χ0v) is 19.3. The van der Waals surface area contributed by atoms with Gasteiger partial charge in [-0.2, -0.15) is 0 Å². The fourth-order valence-corrected chi connectivity index (χ4v) is 5.40. The monoisotopic (exact) mass is 476 g/mol. The second kappa shape index (κ2) is 10.3. The van der Waals surface area contributed by atoms with Crippen LogP contribution in [0.25, 0.3) is 0 Å². The van der Waals surface area contributed by atoms with E-state index < -0.39 is 22.0 Å². The molecule has 1 unspecified atom stereocenters. The number of hydrogen-bond donors (Lipinski definition) is 1. The van der Waals surface area contributed by atoms with Crippen LogP contribution in [0.1, 0.15) is 13.3 Å². The van der Waals surface area contributed by atoms with Gasteiger partial charge in [0.1, 0.15) is 11.8 Å². The molecule has 0 aliphatic carbocycles. The fourth-order valence-electron chi connectivity index (χ4n) is 2.51. The van der Waals surface area contributed by atoms with Gasteiger partial charge < -0.3 is 4.74 Å². The zero-order chi connectivity index (χ0) is 21.6. The summed E-state index contributed by atoms with van der Waals surface area (Å²) in [4.78, 5) is 12.9. The van der Waals surface area contributed by atoms with Crippen molar-refractivity contribution in [2.45, 2.75) is 23.7 Å². The number of carbonyl (C=O) groups is 1. The van der Waals surface area contributed by atoms with Crippen molar-refractivity contribution >= 4 is 61.4 Å². The first-order chi connectivity index (χ1) is 13.7. The predicted octanol–water partition coefficient (Wildman–Crippen LogP) is 3.66. The molecule has 8 nitrogen and oxygen atoms in total. The van der Waals surface area contributed by atoms with Gasteiger partial charge in [0.15, 0.2) is 4.34 Å². The fraction of sp³-hybridized carbons (Fsp3) is 0.353. The molecule has 0 saturated carbocycles. The average Bonchev–Trinajstić information content (AvgIpc) is 3.10. The van der Waals surface area contributed by atoms with Gasteiger partial charge in [0.2, 0.25) is 21.1 Å². The van der Waals surface area contributed by atoms with Crippen molar-refractivity contribution in [1.29, 1.82) is 0 Å². The molecule has 0 radical (unpaired) electrons. The molecule has 1 atom stereocenters. The van der Waals surface area contributed by atoms with Gasteiger partial charge in [-0.25, -0.2) is 8.42 Å². The molecule has 12 heteroatoms. The number of nitrogens with one attached hydrogen (secondary N) is 1. The predicted molar refractivity (Wildman–Crippen MR) is 119 cm³/mol. The number of anilines is 2. The van der Waals surface area contributed by atoms with Gasteiger partial charge in [-0.05, 0) is 24.6 Å². The lowest BCUT2D eigenvalue weighted by molar-refractivity contribution is -0.117. The van der Waals surface area contributed by atoms with Crippen molar-refractivity contribution in [1.82, 2.24) is 10.2 Å². The van der Waals surface area contributed by atoms with Gasteiger partial charge in [0.05, 0.1) is 19.1 Å². The Morgan fingerprint density at radius 3 is 2.79 bits per heavy atom. The van der Waals surface area contributed by atoms with Crippen molar-refractivity contribution in [3.8, 4) is 5.75 Å². The molecule has 2 rings (SSSR count). The molecule has 2 aromatic rings. The molecule has 0 bridgehead atoms. The highest BCUT2D eigenvalue weighted by Gasteiger charge is 2.34. The third-order valence-corrected chi connectivity index (χ3v) is 7.04. The summed E-state index contributed by atoms with van der Waals surface area (Å²) in [6, 6.07) is 3.54. The van der Waals surface area contributed by atoms with Gasteiger partial charge in [-0.3, -0.25) is 14.4 Å². The topological polar surface area (TPSA) is 101 Å². The molecule has 0 spiro atoms. The van der Waals surface area contributed by atoms with Crippen LogP contribution in [0.4, 0.5) is 10.8 Å². The van der Waals surface area contributed by atoms with E-state index in [2.05, 4.69) is 22.1 Å². The lowest BCUT2D eigenvalue weighted by atomic mass is 10.2. The molecular formula is C17H21ClN4O4S3. The third-order valence-electron chi connectivity index (χ3n) is 3.67. The highest BCUT2D eigenvalue weighted by atomic mass is 35.5. The maximum absolute atomic E-state index is 12.9. The van der Waals surface area contributed by atoms with Crippen LogP contribution in [0.15, 0.2) is 35.2 Å². The number of carbonyl (C=O) groups excluding carboxylic acids is 1. The molecule has 0 aliphatic heterocycles. The van der Waals surface area contributed by atoms with Crippen LogP contribution >= 0.6 is 34.7 Å². The number of halogens is 1. The number of thioether (sulfide) groups is 1. The number of ether oxygens (including phenoxy) is 1.